The molecule has 1 amide bonds. The van der Waals surface area contributed by atoms with E-state index in [-0.39, 0.29) is 35.6 Å². The maximum atomic E-state index is 13.9. The summed E-state index contributed by atoms with van der Waals surface area (Å²) >= 11 is 0. The van der Waals surface area contributed by atoms with Crippen molar-refractivity contribution < 1.29 is 33.7 Å². The Bertz CT molecular complexity index is 1440. The summed E-state index contributed by atoms with van der Waals surface area (Å²) < 4.78 is 17.4. The zero-order valence-electron chi connectivity index (χ0n) is 26.7. The second kappa shape index (κ2) is 13.3. The molecule has 1 fully saturated rings. The van der Waals surface area contributed by atoms with Gasteiger partial charge in [0.05, 0.1) is 37.6 Å². The molecule has 11 heteroatoms. The molecule has 2 heterocycles. The fraction of sp³-hybridized carbons (Fsp3) is 0.515. The molecule has 11 nitrogen and oxygen atoms in total. The zero-order chi connectivity index (χ0) is 32.3. The number of ether oxygens (including phenoxy) is 3. The van der Waals surface area contributed by atoms with Crippen molar-refractivity contribution in [3.8, 4) is 11.5 Å². The summed E-state index contributed by atoms with van der Waals surface area (Å²) in [6, 6.07) is 7.20. The van der Waals surface area contributed by atoms with E-state index in [4.69, 9.17) is 19.6 Å². The number of carboxylic acid groups (broad SMARTS) is 1. The Hall–Kier alpha value is -4.12. The number of methoxy groups -OCH3 is 1. The van der Waals surface area contributed by atoms with E-state index in [0.717, 1.165) is 16.8 Å². The van der Waals surface area contributed by atoms with E-state index in [1.165, 1.54) is 0 Å². The van der Waals surface area contributed by atoms with E-state index in [2.05, 4.69) is 31.0 Å². The van der Waals surface area contributed by atoms with E-state index in [1.54, 1.807) is 38.1 Å². The van der Waals surface area contributed by atoms with Gasteiger partial charge in [0.25, 0.3) is 5.91 Å². The van der Waals surface area contributed by atoms with Crippen molar-refractivity contribution in [3.05, 3.63) is 52.1 Å². The van der Waals surface area contributed by atoms with Crippen molar-refractivity contribution in [2.24, 2.45) is 0 Å². The second-order valence-corrected chi connectivity index (χ2v) is 12.3. The molecule has 2 aliphatic heterocycles. The van der Waals surface area contributed by atoms with Crippen molar-refractivity contribution in [2.45, 2.75) is 71.6 Å². The largest absolute Gasteiger partial charge is 0.494 e. The molecule has 1 atom stereocenters. The van der Waals surface area contributed by atoms with Gasteiger partial charge in [0.15, 0.2) is 11.9 Å². The zero-order valence-corrected chi connectivity index (χ0v) is 26.7. The molecule has 0 spiro atoms. The molecule has 0 bridgehead atoms. The van der Waals surface area contributed by atoms with Crippen LogP contribution in [0.1, 0.15) is 84.9 Å². The number of carboxylic acids is 1. The summed E-state index contributed by atoms with van der Waals surface area (Å²) in [5, 5.41) is 20.7. The third kappa shape index (κ3) is 6.83. The molecule has 2 aromatic carbocycles. The standard InChI is InChI=1S/C33H44N4O7/c1-8-43-28-15-21-17-37(30(34)23(21)16-24(28)31(39)35-6)18-27(38)20-13-25(33(3,4)5)29(42-7)26(14-20)36-11-9-22(10-12-36)44-19(2)32(40)41/h13-16,19,22,34H,8-12,17-18H2,1-7H3,(H,35,39)(H,40,41). The maximum absolute atomic E-state index is 13.9. The van der Waals surface area contributed by atoms with Gasteiger partial charge >= 0.3 is 5.97 Å². The lowest BCUT2D eigenvalue weighted by molar-refractivity contribution is -0.153. The lowest BCUT2D eigenvalue weighted by Crippen LogP contribution is -2.39. The van der Waals surface area contributed by atoms with Crippen molar-refractivity contribution in [3.63, 3.8) is 0 Å². The fourth-order valence-corrected chi connectivity index (χ4v) is 5.78. The third-order valence-corrected chi connectivity index (χ3v) is 8.17. The summed E-state index contributed by atoms with van der Waals surface area (Å²) in [6.07, 6.45) is 0.264. The van der Waals surface area contributed by atoms with E-state index in [9.17, 15) is 19.5 Å². The molecule has 3 N–H and O–H groups in total. The number of piperidine rings is 1. The van der Waals surface area contributed by atoms with Gasteiger partial charge in [-0.15, -0.1) is 0 Å². The van der Waals surface area contributed by atoms with Gasteiger partial charge in [0, 0.05) is 43.4 Å². The monoisotopic (exact) mass is 608 g/mol. The molecule has 4 rings (SSSR count). The maximum Gasteiger partial charge on any atom is 0.332 e. The smallest absolute Gasteiger partial charge is 0.332 e. The number of Topliss-reactive ketones (excluding diaryl/α,β-unsaturated/α-hetero) is 1. The van der Waals surface area contributed by atoms with Crippen LogP contribution in [0.4, 0.5) is 5.69 Å². The summed E-state index contributed by atoms with van der Waals surface area (Å²) in [6.45, 7) is 11.6. The Balaban J connectivity index is 1.60. The summed E-state index contributed by atoms with van der Waals surface area (Å²) in [5.74, 6) is -0.0744. The van der Waals surface area contributed by atoms with Gasteiger partial charge in [-0.25, -0.2) is 4.79 Å². The number of carbonyl (C=O) groups excluding carboxylic acids is 2. The molecule has 238 valence electrons. The minimum atomic E-state index is -0.981. The summed E-state index contributed by atoms with van der Waals surface area (Å²) in [7, 11) is 3.18. The van der Waals surface area contributed by atoms with Crippen LogP contribution in [-0.4, -0.2) is 86.1 Å². The van der Waals surface area contributed by atoms with Crippen molar-refractivity contribution in [2.75, 3.05) is 45.3 Å². The highest BCUT2D eigenvalue weighted by atomic mass is 16.5. The number of anilines is 1. The average Bonchev–Trinajstić information content (AvgIpc) is 3.28. The van der Waals surface area contributed by atoms with Gasteiger partial charge in [-0.3, -0.25) is 15.0 Å². The number of amidine groups is 1. The van der Waals surface area contributed by atoms with E-state index in [0.29, 0.717) is 67.3 Å². The first-order chi connectivity index (χ1) is 20.8. The highest BCUT2D eigenvalue weighted by Crippen LogP contribution is 2.41. The van der Waals surface area contributed by atoms with Gasteiger partial charge in [-0.05, 0) is 61.9 Å². The van der Waals surface area contributed by atoms with Crippen LogP contribution in [0.25, 0.3) is 0 Å². The number of benzene rings is 2. The lowest BCUT2D eigenvalue weighted by Gasteiger charge is -2.36. The number of aliphatic carboxylic acids is 1. The first kappa shape index (κ1) is 32.8. The lowest BCUT2D eigenvalue weighted by atomic mass is 9.84. The quantitative estimate of drug-likeness (QED) is 0.320. The average molecular weight is 609 g/mol. The minimum Gasteiger partial charge on any atom is -0.494 e. The van der Waals surface area contributed by atoms with Crippen LogP contribution in [0.3, 0.4) is 0 Å². The molecule has 0 aromatic heterocycles. The molecular weight excluding hydrogens is 564 g/mol. The Morgan fingerprint density at radius 1 is 1.14 bits per heavy atom. The third-order valence-electron chi connectivity index (χ3n) is 8.17. The molecular formula is C33H44N4O7. The number of nitrogens with one attached hydrogen (secondary N) is 2. The van der Waals surface area contributed by atoms with E-state index in [1.807, 2.05) is 19.1 Å². The Labute approximate surface area is 259 Å². The molecule has 2 aromatic rings. The van der Waals surface area contributed by atoms with Crippen LogP contribution >= 0.6 is 0 Å². The molecule has 0 aliphatic carbocycles. The van der Waals surface area contributed by atoms with Crippen LogP contribution in [0, 0.1) is 5.41 Å². The SMILES string of the molecule is CCOc1cc2c(cc1C(=O)NC)C(=N)N(CC(=O)c1cc(N3CCC(OC(C)C(=O)O)CC3)c(OC)c(C(C)(C)C)c1)C2. The number of nitrogens with zero attached hydrogens (tertiary/aromatic N) is 2. The van der Waals surface area contributed by atoms with Gasteiger partial charge in [-0.1, -0.05) is 20.8 Å². The Morgan fingerprint density at radius 2 is 1.82 bits per heavy atom. The second-order valence-electron chi connectivity index (χ2n) is 12.3. The number of fused-ring (bicyclic) bond motifs is 1. The van der Waals surface area contributed by atoms with Crippen LogP contribution < -0.4 is 19.7 Å². The van der Waals surface area contributed by atoms with Crippen LogP contribution in [0.2, 0.25) is 0 Å². The van der Waals surface area contributed by atoms with E-state index < -0.39 is 12.1 Å². The summed E-state index contributed by atoms with van der Waals surface area (Å²) in [5.41, 5.74) is 3.69. The van der Waals surface area contributed by atoms with Gasteiger partial charge in [-0.2, -0.15) is 0 Å². The van der Waals surface area contributed by atoms with Crippen LogP contribution in [0.15, 0.2) is 24.3 Å². The number of hydrogen-bond acceptors (Lipinski definition) is 8. The topological polar surface area (TPSA) is 141 Å². The Morgan fingerprint density at radius 3 is 2.39 bits per heavy atom. The van der Waals surface area contributed by atoms with Crippen LogP contribution in [-0.2, 0) is 21.5 Å². The minimum absolute atomic E-state index is 0.00880. The van der Waals surface area contributed by atoms with E-state index >= 15 is 0 Å². The van der Waals surface area contributed by atoms with Crippen molar-refractivity contribution in [1.82, 2.24) is 10.2 Å². The number of carbonyl (C=O) groups is 3. The highest BCUT2D eigenvalue weighted by Gasteiger charge is 2.32. The molecule has 2 aliphatic rings. The number of ketones is 1. The molecule has 1 unspecified atom stereocenters. The van der Waals surface area contributed by atoms with Gasteiger partial charge < -0.3 is 34.4 Å². The van der Waals surface area contributed by atoms with Crippen LogP contribution in [0.5, 0.6) is 11.5 Å². The first-order valence-electron chi connectivity index (χ1n) is 15.0. The van der Waals surface area contributed by atoms with Crippen molar-refractivity contribution >= 4 is 29.2 Å². The summed E-state index contributed by atoms with van der Waals surface area (Å²) in [4.78, 5) is 41.5. The first-order valence-corrected chi connectivity index (χ1v) is 15.0. The van der Waals surface area contributed by atoms with Crippen molar-refractivity contribution in [1.29, 1.82) is 5.41 Å². The molecule has 0 radical (unpaired) electrons. The predicted molar refractivity (Wildman–Crippen MR) is 168 cm³/mol. The molecule has 1 saturated heterocycles. The number of hydrogen-bond donors (Lipinski definition) is 3. The Kier molecular flexibility index (Phi) is 9.88. The molecule has 44 heavy (non-hydrogen) atoms. The number of amides is 1. The molecule has 0 saturated carbocycles. The predicted octanol–water partition coefficient (Wildman–Crippen LogP) is 4.23. The van der Waals surface area contributed by atoms with Gasteiger partial charge in [0.1, 0.15) is 17.3 Å². The fourth-order valence-electron chi connectivity index (χ4n) is 5.78. The van der Waals surface area contributed by atoms with Gasteiger partial charge in [0.2, 0.25) is 0 Å². The highest BCUT2D eigenvalue weighted by molar-refractivity contribution is 6.08. The normalized spacial score (nSPS) is 16.0. The number of rotatable bonds is 11.